The number of nitrogens with zero attached hydrogens (tertiary/aromatic N) is 2. The van der Waals surface area contributed by atoms with Gasteiger partial charge in [0.05, 0.1) is 25.0 Å². The third kappa shape index (κ3) is 4.19. The fourth-order valence-electron chi connectivity index (χ4n) is 3.26. The second kappa shape index (κ2) is 7.64. The van der Waals surface area contributed by atoms with Gasteiger partial charge in [0.25, 0.3) is 0 Å². The Kier molecular flexibility index (Phi) is 5.63. The van der Waals surface area contributed by atoms with Crippen LogP contribution >= 0.6 is 15.9 Å². The molecule has 1 atom stereocenters. The second-order valence-electron chi connectivity index (χ2n) is 7.58. The fraction of sp³-hybridized carbons (Fsp3) is 0.500. The van der Waals surface area contributed by atoms with Gasteiger partial charge in [0.2, 0.25) is 0 Å². The van der Waals surface area contributed by atoms with E-state index in [4.69, 9.17) is 14.2 Å². The van der Waals surface area contributed by atoms with E-state index in [1.165, 1.54) is 7.11 Å². The number of esters is 1. The summed E-state index contributed by atoms with van der Waals surface area (Å²) in [5, 5.41) is 4.48. The minimum atomic E-state index is -0.888. The van der Waals surface area contributed by atoms with Gasteiger partial charge in [0, 0.05) is 12.6 Å². The normalized spacial score (nSPS) is 15.0. The summed E-state index contributed by atoms with van der Waals surface area (Å²) in [7, 11) is 3.16. The van der Waals surface area contributed by atoms with Crippen LogP contribution < -0.4 is 4.74 Å². The summed E-state index contributed by atoms with van der Waals surface area (Å²) < 4.78 is 19.1. The molecule has 0 spiro atoms. The maximum Gasteiger partial charge on any atom is 0.341 e. The van der Waals surface area contributed by atoms with Crippen LogP contribution in [0.4, 0.5) is 0 Å². The highest BCUT2D eigenvalue weighted by Gasteiger charge is 2.34. The van der Waals surface area contributed by atoms with Crippen LogP contribution in [-0.2, 0) is 27.7 Å². The Hall–Kier alpha value is -1.86. The topological polar surface area (TPSA) is 62.6 Å². The minimum Gasteiger partial charge on any atom is -0.493 e. The average molecular weight is 437 g/mol. The molecule has 1 unspecified atom stereocenters. The maximum absolute atomic E-state index is 12.5. The van der Waals surface area contributed by atoms with Gasteiger partial charge in [-0.25, -0.2) is 4.79 Å². The van der Waals surface area contributed by atoms with Crippen LogP contribution in [0.25, 0.3) is 11.1 Å². The summed E-state index contributed by atoms with van der Waals surface area (Å²) >= 11 is 3.55. The number of fused-ring (bicyclic) bond motifs is 1. The van der Waals surface area contributed by atoms with Gasteiger partial charge in [-0.3, -0.25) is 4.68 Å². The number of carbonyl (C=O) groups is 1. The number of aromatic nitrogens is 2. The number of methoxy groups -OCH3 is 1. The zero-order valence-electron chi connectivity index (χ0n) is 16.3. The van der Waals surface area contributed by atoms with Crippen molar-refractivity contribution in [2.45, 2.75) is 45.3 Å². The van der Waals surface area contributed by atoms with E-state index < -0.39 is 17.7 Å². The van der Waals surface area contributed by atoms with E-state index in [-0.39, 0.29) is 0 Å². The number of aryl methyl sites for hydroxylation is 2. The third-order valence-electron chi connectivity index (χ3n) is 4.38. The molecule has 1 aromatic carbocycles. The Labute approximate surface area is 167 Å². The SMILES string of the molecule is COC(=O)C(OC(C)(C)C)c1c(-c2ccc3c(c2)CCCO3)c(Br)nn1C. The molecular weight excluding hydrogens is 412 g/mol. The van der Waals surface area contributed by atoms with Crippen molar-refractivity contribution < 1.29 is 19.0 Å². The van der Waals surface area contributed by atoms with Crippen molar-refractivity contribution in [1.29, 1.82) is 0 Å². The molecule has 0 aliphatic carbocycles. The summed E-state index contributed by atoms with van der Waals surface area (Å²) in [5.41, 5.74) is 3.06. The molecule has 0 amide bonds. The highest BCUT2D eigenvalue weighted by Crippen LogP contribution is 2.39. The molecule has 146 valence electrons. The van der Waals surface area contributed by atoms with Crippen molar-refractivity contribution in [3.63, 3.8) is 0 Å². The first-order chi connectivity index (χ1) is 12.7. The molecule has 0 saturated heterocycles. The molecule has 27 heavy (non-hydrogen) atoms. The van der Waals surface area contributed by atoms with Gasteiger partial charge in [-0.2, -0.15) is 5.10 Å². The zero-order valence-corrected chi connectivity index (χ0v) is 17.9. The average Bonchev–Trinajstić information content (AvgIpc) is 2.91. The van der Waals surface area contributed by atoms with Gasteiger partial charge in [-0.1, -0.05) is 6.07 Å². The summed E-state index contributed by atoms with van der Waals surface area (Å²) in [6.45, 7) is 6.47. The smallest absolute Gasteiger partial charge is 0.341 e. The van der Waals surface area contributed by atoms with Crippen LogP contribution in [0.2, 0.25) is 0 Å². The molecule has 1 aromatic heterocycles. The zero-order chi connectivity index (χ0) is 19.8. The molecule has 0 fully saturated rings. The van der Waals surface area contributed by atoms with Crippen LogP contribution in [0, 0.1) is 0 Å². The van der Waals surface area contributed by atoms with Crippen LogP contribution in [0.5, 0.6) is 5.75 Å². The molecule has 2 heterocycles. The molecular formula is C20H25BrN2O4. The summed E-state index contributed by atoms with van der Waals surface area (Å²) in [5.74, 6) is 0.463. The number of hydrogen-bond acceptors (Lipinski definition) is 5. The number of rotatable bonds is 4. The Balaban J connectivity index is 2.13. The Bertz CT molecular complexity index is 854. The van der Waals surface area contributed by atoms with E-state index in [0.29, 0.717) is 10.3 Å². The van der Waals surface area contributed by atoms with Crippen molar-refractivity contribution in [3.05, 3.63) is 34.1 Å². The molecule has 0 saturated carbocycles. The van der Waals surface area contributed by atoms with Gasteiger partial charge >= 0.3 is 5.97 Å². The monoisotopic (exact) mass is 436 g/mol. The van der Waals surface area contributed by atoms with E-state index >= 15 is 0 Å². The lowest BCUT2D eigenvalue weighted by molar-refractivity contribution is -0.165. The summed E-state index contributed by atoms with van der Waals surface area (Å²) in [4.78, 5) is 12.5. The highest BCUT2D eigenvalue weighted by molar-refractivity contribution is 9.10. The Morgan fingerprint density at radius 3 is 2.78 bits per heavy atom. The lowest BCUT2D eigenvalue weighted by atomic mass is 9.97. The van der Waals surface area contributed by atoms with Gasteiger partial charge in [0.15, 0.2) is 6.10 Å². The Morgan fingerprint density at radius 1 is 1.37 bits per heavy atom. The predicted molar refractivity (Wildman–Crippen MR) is 106 cm³/mol. The summed E-state index contributed by atoms with van der Waals surface area (Å²) in [6.07, 6.45) is 1.08. The maximum atomic E-state index is 12.5. The van der Waals surface area contributed by atoms with E-state index in [0.717, 1.165) is 41.9 Å². The van der Waals surface area contributed by atoms with Crippen LogP contribution in [-0.4, -0.2) is 35.1 Å². The summed E-state index contributed by atoms with van der Waals surface area (Å²) in [6, 6.07) is 6.07. The van der Waals surface area contributed by atoms with Gasteiger partial charge < -0.3 is 14.2 Å². The molecule has 0 bridgehead atoms. The number of benzene rings is 1. The molecule has 6 nitrogen and oxygen atoms in total. The number of hydrogen-bond donors (Lipinski definition) is 0. The molecule has 1 aliphatic rings. The van der Waals surface area contributed by atoms with Crippen molar-refractivity contribution in [1.82, 2.24) is 9.78 Å². The molecule has 0 N–H and O–H groups in total. The van der Waals surface area contributed by atoms with E-state index in [1.54, 1.807) is 11.7 Å². The lowest BCUT2D eigenvalue weighted by Gasteiger charge is -2.27. The molecule has 1 aliphatic heterocycles. The number of ether oxygens (including phenoxy) is 3. The van der Waals surface area contributed by atoms with Gasteiger partial charge in [0.1, 0.15) is 10.4 Å². The van der Waals surface area contributed by atoms with E-state index in [1.807, 2.05) is 32.9 Å². The minimum absolute atomic E-state index is 0.456. The molecule has 7 heteroatoms. The highest BCUT2D eigenvalue weighted by atomic mass is 79.9. The van der Waals surface area contributed by atoms with Crippen molar-refractivity contribution >= 4 is 21.9 Å². The number of carbonyl (C=O) groups excluding carboxylic acids is 1. The first-order valence-electron chi connectivity index (χ1n) is 8.95. The van der Waals surface area contributed by atoms with E-state index in [2.05, 4.69) is 27.1 Å². The predicted octanol–water partition coefficient (Wildman–Crippen LogP) is 4.20. The Morgan fingerprint density at radius 2 is 2.11 bits per heavy atom. The third-order valence-corrected chi connectivity index (χ3v) is 4.94. The fourth-order valence-corrected chi connectivity index (χ4v) is 3.93. The molecule has 2 aromatic rings. The van der Waals surface area contributed by atoms with Crippen molar-refractivity contribution in [2.24, 2.45) is 7.05 Å². The lowest BCUT2D eigenvalue weighted by Crippen LogP contribution is -2.29. The van der Waals surface area contributed by atoms with Crippen LogP contribution in [0.1, 0.15) is 44.6 Å². The standard InChI is InChI=1S/C20H25BrN2O4/c1-20(2,3)27-17(19(24)25-5)16-15(18(21)22-23(16)4)13-8-9-14-12(11-13)7-6-10-26-14/h8-9,11,17H,6-7,10H2,1-5H3. The quantitative estimate of drug-likeness (QED) is 0.671. The van der Waals surface area contributed by atoms with Crippen LogP contribution in [0.15, 0.2) is 22.8 Å². The van der Waals surface area contributed by atoms with E-state index in [9.17, 15) is 4.79 Å². The first kappa shape index (κ1) is 19.9. The molecule has 3 rings (SSSR count). The molecule has 0 radical (unpaired) electrons. The second-order valence-corrected chi connectivity index (χ2v) is 8.33. The van der Waals surface area contributed by atoms with Gasteiger partial charge in [-0.05, 0) is 72.8 Å². The first-order valence-corrected chi connectivity index (χ1v) is 9.74. The largest absolute Gasteiger partial charge is 0.493 e. The van der Waals surface area contributed by atoms with Crippen molar-refractivity contribution in [3.8, 4) is 16.9 Å². The van der Waals surface area contributed by atoms with Gasteiger partial charge in [-0.15, -0.1) is 0 Å². The number of halogens is 1. The van der Waals surface area contributed by atoms with Crippen LogP contribution in [0.3, 0.4) is 0 Å². The van der Waals surface area contributed by atoms with Crippen molar-refractivity contribution in [2.75, 3.05) is 13.7 Å².